The summed E-state index contributed by atoms with van der Waals surface area (Å²) in [4.78, 5) is 72.7. The fourth-order valence-corrected chi connectivity index (χ4v) is 13.3. The maximum absolute atomic E-state index is 13.1. The van der Waals surface area contributed by atoms with Crippen LogP contribution in [0.15, 0.2) is 0 Å². The van der Waals surface area contributed by atoms with Gasteiger partial charge in [0.1, 0.15) is 19.3 Å². The summed E-state index contributed by atoms with van der Waals surface area (Å²) < 4.78 is 68.4. The van der Waals surface area contributed by atoms with Gasteiger partial charge in [0.15, 0.2) is 12.2 Å². The molecule has 19 heteroatoms. The molecule has 0 aliphatic rings. The standard InChI is InChI=1S/C77H150O17P2/c1-67(2)53-45-37-29-24-20-16-13-11-9-10-12-14-18-22-26-32-41-49-57-74(79)87-63-72(93-76(81)59-51-43-33-27-23-19-15-17-21-25-30-38-46-54-68(3)4)65-91-95(83,84)89-61-71(78)62-90-96(85,86)92-66-73(64-88-75(80)58-50-42-36-35-40-48-56-70(7)8)94-77(82)60-52-44-34-28-31-39-47-55-69(5)6/h67-73,78H,9-66H2,1-8H3,(H,83,84)(H,85,86)/t71-,72-,73-/m1/s1. The van der Waals surface area contributed by atoms with Gasteiger partial charge in [0, 0.05) is 25.7 Å². The van der Waals surface area contributed by atoms with E-state index in [0.29, 0.717) is 37.5 Å². The molecule has 0 amide bonds. The molecule has 570 valence electrons. The number of hydrogen-bond acceptors (Lipinski definition) is 15. The lowest BCUT2D eigenvalue weighted by molar-refractivity contribution is -0.161. The molecular weight excluding hydrogens is 1260 g/mol. The van der Waals surface area contributed by atoms with Crippen molar-refractivity contribution in [2.24, 2.45) is 23.7 Å². The minimum Gasteiger partial charge on any atom is -0.462 e. The molecule has 17 nitrogen and oxygen atoms in total. The average molecular weight is 1410 g/mol. The zero-order valence-electron chi connectivity index (χ0n) is 63.0. The molecular formula is C77H150O17P2. The van der Waals surface area contributed by atoms with Crippen molar-refractivity contribution in [3.8, 4) is 0 Å². The highest BCUT2D eigenvalue weighted by Gasteiger charge is 2.30. The molecule has 0 rings (SSSR count). The number of aliphatic hydroxyl groups is 1. The number of carbonyl (C=O) groups excluding carboxylic acids is 4. The maximum Gasteiger partial charge on any atom is 0.472 e. The van der Waals surface area contributed by atoms with E-state index in [1.165, 1.54) is 186 Å². The van der Waals surface area contributed by atoms with E-state index in [-0.39, 0.29) is 25.7 Å². The van der Waals surface area contributed by atoms with Crippen LogP contribution >= 0.6 is 15.6 Å². The molecule has 0 fully saturated rings. The van der Waals surface area contributed by atoms with Gasteiger partial charge in [-0.3, -0.25) is 37.3 Å². The molecule has 2 unspecified atom stereocenters. The normalized spacial score (nSPS) is 14.1. The molecule has 0 spiro atoms. The van der Waals surface area contributed by atoms with Gasteiger partial charge in [-0.15, -0.1) is 0 Å². The fourth-order valence-electron chi connectivity index (χ4n) is 11.7. The first-order valence-corrected chi connectivity index (χ1v) is 42.7. The van der Waals surface area contributed by atoms with Crippen molar-refractivity contribution in [1.29, 1.82) is 0 Å². The molecule has 0 radical (unpaired) electrons. The molecule has 0 aromatic rings. The summed E-state index contributed by atoms with van der Waals surface area (Å²) in [6.07, 6.45) is 51.8. The SMILES string of the molecule is CC(C)CCCCCCCCCCCCCCCCCCCCC(=O)OC[C@H](COP(=O)(O)OC[C@@H](O)COP(=O)(O)OC[C@@H](COC(=O)CCCCCCCCC(C)C)OC(=O)CCCCCCCCCC(C)C)OC(=O)CCCCCCCCCCCCCCCC(C)C. The molecule has 0 heterocycles. The highest BCUT2D eigenvalue weighted by atomic mass is 31.2. The highest BCUT2D eigenvalue weighted by Crippen LogP contribution is 2.45. The topological polar surface area (TPSA) is 237 Å². The van der Waals surface area contributed by atoms with Crippen LogP contribution in [0, 0.1) is 23.7 Å². The summed E-state index contributed by atoms with van der Waals surface area (Å²) >= 11 is 0. The Morgan fingerprint density at radius 2 is 0.438 bits per heavy atom. The molecule has 0 aromatic heterocycles. The van der Waals surface area contributed by atoms with Crippen LogP contribution in [0.4, 0.5) is 0 Å². The number of phosphoric acid groups is 2. The van der Waals surface area contributed by atoms with Crippen molar-refractivity contribution in [2.45, 2.75) is 408 Å². The van der Waals surface area contributed by atoms with Gasteiger partial charge in [-0.25, -0.2) is 9.13 Å². The molecule has 96 heavy (non-hydrogen) atoms. The number of aliphatic hydroxyl groups excluding tert-OH is 1. The van der Waals surface area contributed by atoms with Gasteiger partial charge >= 0.3 is 39.5 Å². The lowest BCUT2D eigenvalue weighted by atomic mass is 10.0. The van der Waals surface area contributed by atoms with Crippen LogP contribution in [0.5, 0.6) is 0 Å². The first-order valence-electron chi connectivity index (χ1n) is 39.7. The Hall–Kier alpha value is -1.94. The monoisotopic (exact) mass is 1410 g/mol. The minimum absolute atomic E-state index is 0.102. The second-order valence-corrected chi connectivity index (χ2v) is 32.6. The van der Waals surface area contributed by atoms with Gasteiger partial charge in [0.2, 0.25) is 0 Å². The quantitative estimate of drug-likeness (QED) is 0.0222. The molecule has 3 N–H and O–H groups in total. The van der Waals surface area contributed by atoms with Crippen molar-refractivity contribution in [2.75, 3.05) is 39.6 Å². The van der Waals surface area contributed by atoms with E-state index in [4.69, 9.17) is 37.0 Å². The van der Waals surface area contributed by atoms with Crippen LogP contribution in [0.3, 0.4) is 0 Å². The maximum atomic E-state index is 13.1. The number of esters is 4. The van der Waals surface area contributed by atoms with E-state index in [1.807, 2.05) is 0 Å². The number of carbonyl (C=O) groups is 4. The molecule has 0 saturated carbocycles. The Morgan fingerprint density at radius 1 is 0.260 bits per heavy atom. The number of unbranched alkanes of at least 4 members (excludes halogenated alkanes) is 40. The minimum atomic E-state index is -4.96. The van der Waals surface area contributed by atoms with Crippen LogP contribution in [0.1, 0.15) is 389 Å². The van der Waals surface area contributed by atoms with Crippen LogP contribution in [0.25, 0.3) is 0 Å². The lowest BCUT2D eigenvalue weighted by Gasteiger charge is -2.21. The first kappa shape index (κ1) is 94.1. The van der Waals surface area contributed by atoms with Crippen molar-refractivity contribution in [1.82, 2.24) is 0 Å². The van der Waals surface area contributed by atoms with Crippen LogP contribution < -0.4 is 0 Å². The Balaban J connectivity index is 5.18. The molecule has 0 aromatic carbocycles. The predicted octanol–water partition coefficient (Wildman–Crippen LogP) is 22.4. The number of rotatable bonds is 74. The summed E-state index contributed by atoms with van der Waals surface area (Å²) in [5, 5.41) is 10.6. The Morgan fingerprint density at radius 3 is 0.646 bits per heavy atom. The van der Waals surface area contributed by atoms with E-state index < -0.39 is 97.5 Å². The zero-order valence-corrected chi connectivity index (χ0v) is 64.8. The zero-order chi connectivity index (χ0) is 71.0. The van der Waals surface area contributed by atoms with Gasteiger partial charge in [0.05, 0.1) is 26.4 Å². The Kier molecular flexibility index (Phi) is 65.0. The van der Waals surface area contributed by atoms with Crippen LogP contribution in [-0.2, 0) is 65.4 Å². The Labute approximate surface area is 588 Å². The summed E-state index contributed by atoms with van der Waals surface area (Å²) in [5.41, 5.74) is 0. The molecule has 0 aliphatic carbocycles. The van der Waals surface area contributed by atoms with Crippen molar-refractivity contribution in [3.63, 3.8) is 0 Å². The summed E-state index contributed by atoms with van der Waals surface area (Å²) in [7, 11) is -9.91. The third kappa shape index (κ3) is 70.5. The molecule has 0 aliphatic heterocycles. The predicted molar refractivity (Wildman–Crippen MR) is 391 cm³/mol. The second kappa shape index (κ2) is 66.3. The van der Waals surface area contributed by atoms with Crippen LogP contribution in [-0.4, -0.2) is 96.7 Å². The largest absolute Gasteiger partial charge is 0.472 e. The number of phosphoric ester groups is 2. The second-order valence-electron chi connectivity index (χ2n) is 29.7. The van der Waals surface area contributed by atoms with Gasteiger partial charge in [-0.05, 0) is 49.4 Å². The third-order valence-corrected chi connectivity index (χ3v) is 19.7. The average Bonchev–Trinajstić information content (AvgIpc) is 1.67. The van der Waals surface area contributed by atoms with Gasteiger partial charge in [0.25, 0.3) is 0 Å². The molecule has 0 bridgehead atoms. The van der Waals surface area contributed by atoms with Crippen LogP contribution in [0.2, 0.25) is 0 Å². The van der Waals surface area contributed by atoms with E-state index in [0.717, 1.165) is 108 Å². The lowest BCUT2D eigenvalue weighted by Crippen LogP contribution is -2.30. The van der Waals surface area contributed by atoms with E-state index in [2.05, 4.69) is 55.4 Å². The van der Waals surface area contributed by atoms with Crippen molar-refractivity contribution >= 4 is 39.5 Å². The van der Waals surface area contributed by atoms with Gasteiger partial charge < -0.3 is 33.8 Å². The highest BCUT2D eigenvalue weighted by molar-refractivity contribution is 7.47. The molecule has 5 atom stereocenters. The van der Waals surface area contributed by atoms with Gasteiger partial charge in [-0.2, -0.15) is 0 Å². The third-order valence-electron chi connectivity index (χ3n) is 17.8. The molecule has 0 saturated heterocycles. The Bertz CT molecular complexity index is 1880. The summed E-state index contributed by atoms with van der Waals surface area (Å²) in [6, 6.07) is 0. The summed E-state index contributed by atoms with van der Waals surface area (Å²) in [6.45, 7) is 14.1. The van der Waals surface area contributed by atoms with Gasteiger partial charge in [-0.1, -0.05) is 338 Å². The van der Waals surface area contributed by atoms with E-state index >= 15 is 0 Å². The fraction of sp³-hybridized carbons (Fsp3) is 0.948. The van der Waals surface area contributed by atoms with Crippen molar-refractivity contribution in [3.05, 3.63) is 0 Å². The summed E-state index contributed by atoms with van der Waals surface area (Å²) in [5.74, 6) is 0.860. The van der Waals surface area contributed by atoms with E-state index in [9.17, 15) is 43.2 Å². The first-order chi connectivity index (χ1) is 46.1. The number of ether oxygens (including phenoxy) is 4. The smallest absolute Gasteiger partial charge is 0.462 e. The van der Waals surface area contributed by atoms with E-state index in [1.54, 1.807) is 0 Å². The van der Waals surface area contributed by atoms with Crippen molar-refractivity contribution < 1.29 is 80.2 Å². The number of hydrogen-bond donors (Lipinski definition) is 3.